The van der Waals surface area contributed by atoms with Crippen LogP contribution < -0.4 is 11.2 Å². The van der Waals surface area contributed by atoms with Crippen molar-refractivity contribution in [3.8, 4) is 5.88 Å². The molecular weight excluding hydrogens is 400 g/mol. The number of hydrogen-bond acceptors (Lipinski definition) is 6. The first-order chi connectivity index (χ1) is 13.8. The Kier molecular flexibility index (Phi) is 7.72. The summed E-state index contributed by atoms with van der Waals surface area (Å²) in [6, 6.07) is 4.18. The molecular formula is C19H23ClN4O5. The number of rotatable bonds is 9. The van der Waals surface area contributed by atoms with Crippen LogP contribution in [-0.4, -0.2) is 31.3 Å². The van der Waals surface area contributed by atoms with Gasteiger partial charge in [0.25, 0.3) is 11.2 Å². The van der Waals surface area contributed by atoms with Crippen LogP contribution in [0.1, 0.15) is 37.3 Å². The van der Waals surface area contributed by atoms with E-state index in [1.165, 1.54) is 12.1 Å². The Morgan fingerprint density at radius 2 is 1.93 bits per heavy atom. The molecule has 2 aromatic rings. The van der Waals surface area contributed by atoms with Crippen LogP contribution in [0.3, 0.4) is 0 Å². The second-order valence-electron chi connectivity index (χ2n) is 6.51. The van der Waals surface area contributed by atoms with Crippen LogP contribution in [0.4, 0.5) is 11.4 Å². The van der Waals surface area contributed by atoms with Gasteiger partial charge in [-0.15, -0.1) is 11.6 Å². The molecule has 2 rings (SSSR count). The molecule has 0 atom stereocenters. The summed E-state index contributed by atoms with van der Waals surface area (Å²) in [6.45, 7) is 4.02. The van der Waals surface area contributed by atoms with Crippen LogP contribution in [-0.2, 0) is 13.1 Å². The number of aromatic nitrogens is 2. The van der Waals surface area contributed by atoms with Crippen LogP contribution >= 0.6 is 11.6 Å². The number of halogens is 1. The van der Waals surface area contributed by atoms with E-state index in [1.54, 1.807) is 13.0 Å². The van der Waals surface area contributed by atoms with Crippen LogP contribution in [0.5, 0.6) is 5.88 Å². The third kappa shape index (κ3) is 5.11. The van der Waals surface area contributed by atoms with Gasteiger partial charge in [-0.05, 0) is 25.3 Å². The third-order valence-electron chi connectivity index (χ3n) is 4.42. The van der Waals surface area contributed by atoms with Crippen LogP contribution in [0, 0.1) is 17.0 Å². The molecule has 0 unspecified atom stereocenters. The van der Waals surface area contributed by atoms with Gasteiger partial charge in [-0.2, -0.15) is 0 Å². The lowest BCUT2D eigenvalue weighted by Gasteiger charge is -2.13. The van der Waals surface area contributed by atoms with E-state index in [0.717, 1.165) is 21.8 Å². The quantitative estimate of drug-likeness (QED) is 0.288. The number of aromatic hydroxyl groups is 1. The first kappa shape index (κ1) is 22.4. The zero-order valence-corrected chi connectivity index (χ0v) is 17.1. The van der Waals surface area contributed by atoms with E-state index in [-0.39, 0.29) is 35.9 Å². The number of unbranched alkanes of at least 4 members (excludes halogenated alkanes) is 1. The first-order valence-electron chi connectivity index (χ1n) is 9.23. The van der Waals surface area contributed by atoms with E-state index >= 15 is 0 Å². The van der Waals surface area contributed by atoms with E-state index in [1.807, 2.05) is 6.92 Å². The molecule has 10 heteroatoms. The molecule has 0 aliphatic heterocycles. The van der Waals surface area contributed by atoms with Gasteiger partial charge in [-0.25, -0.2) is 4.79 Å². The Morgan fingerprint density at radius 1 is 1.24 bits per heavy atom. The number of hydrogen-bond donors (Lipinski definition) is 1. The van der Waals surface area contributed by atoms with Crippen molar-refractivity contribution in [3.05, 3.63) is 60.3 Å². The standard InChI is InChI=1S/C19H23ClN4O5/c1-3-4-9-22-17(25)15(18(26)23(19(22)27)10-5-8-20)12-21-16-11-14(24(28)29)7-6-13(16)2/h6-7,11-12,26H,3-5,8-10H2,1-2H3. The lowest BCUT2D eigenvalue weighted by molar-refractivity contribution is -0.384. The average molecular weight is 423 g/mol. The number of non-ortho nitro benzene ring substituents is 1. The normalized spacial score (nSPS) is 11.3. The second-order valence-corrected chi connectivity index (χ2v) is 6.89. The maximum absolute atomic E-state index is 12.8. The maximum atomic E-state index is 12.8. The minimum absolute atomic E-state index is 0.139. The van der Waals surface area contributed by atoms with Crippen molar-refractivity contribution in [1.29, 1.82) is 0 Å². The highest BCUT2D eigenvalue weighted by Gasteiger charge is 2.17. The molecule has 0 aliphatic carbocycles. The molecule has 0 fully saturated rings. The maximum Gasteiger partial charge on any atom is 0.333 e. The van der Waals surface area contributed by atoms with Gasteiger partial charge in [-0.1, -0.05) is 19.4 Å². The summed E-state index contributed by atoms with van der Waals surface area (Å²) in [5.74, 6) is -0.208. The molecule has 0 saturated heterocycles. The summed E-state index contributed by atoms with van der Waals surface area (Å²) >= 11 is 5.70. The van der Waals surface area contributed by atoms with Gasteiger partial charge in [0, 0.05) is 37.3 Å². The number of nitro groups is 1. The van der Waals surface area contributed by atoms with Crippen molar-refractivity contribution >= 4 is 29.2 Å². The first-order valence-corrected chi connectivity index (χ1v) is 9.76. The van der Waals surface area contributed by atoms with Crippen LogP contribution in [0.15, 0.2) is 32.8 Å². The zero-order valence-electron chi connectivity index (χ0n) is 16.3. The summed E-state index contributed by atoms with van der Waals surface area (Å²) in [7, 11) is 0. The fourth-order valence-corrected chi connectivity index (χ4v) is 2.86. The molecule has 1 aromatic heterocycles. The van der Waals surface area contributed by atoms with Crippen LogP contribution in [0.25, 0.3) is 0 Å². The van der Waals surface area contributed by atoms with E-state index < -0.39 is 22.1 Å². The van der Waals surface area contributed by atoms with E-state index in [4.69, 9.17) is 11.6 Å². The van der Waals surface area contributed by atoms with Gasteiger partial charge >= 0.3 is 5.69 Å². The molecule has 0 spiro atoms. The van der Waals surface area contributed by atoms with E-state index in [0.29, 0.717) is 18.4 Å². The minimum Gasteiger partial charge on any atom is -0.494 e. The number of nitro benzene ring substituents is 1. The summed E-state index contributed by atoms with van der Waals surface area (Å²) < 4.78 is 2.17. The molecule has 0 radical (unpaired) electrons. The van der Waals surface area contributed by atoms with Crippen LogP contribution in [0.2, 0.25) is 0 Å². The number of aliphatic imine (C=N–C) groups is 1. The lowest BCUT2D eigenvalue weighted by atomic mass is 10.2. The fraction of sp³-hybridized carbons (Fsp3) is 0.421. The van der Waals surface area contributed by atoms with Gasteiger partial charge in [0.1, 0.15) is 5.56 Å². The smallest absolute Gasteiger partial charge is 0.333 e. The van der Waals surface area contributed by atoms with Gasteiger partial charge in [0.05, 0.1) is 10.6 Å². The summed E-state index contributed by atoms with van der Waals surface area (Å²) in [6.07, 6.45) is 2.98. The summed E-state index contributed by atoms with van der Waals surface area (Å²) in [5, 5.41) is 21.5. The second kappa shape index (κ2) is 10.0. The van der Waals surface area contributed by atoms with Crippen molar-refractivity contribution < 1.29 is 10.0 Å². The third-order valence-corrected chi connectivity index (χ3v) is 4.69. The lowest BCUT2D eigenvalue weighted by Crippen LogP contribution is -2.41. The molecule has 0 amide bonds. The number of benzene rings is 1. The summed E-state index contributed by atoms with van der Waals surface area (Å²) in [5.41, 5.74) is -0.602. The van der Waals surface area contributed by atoms with Gasteiger partial charge in [0.2, 0.25) is 5.88 Å². The van der Waals surface area contributed by atoms with Gasteiger partial charge in [0.15, 0.2) is 0 Å². The molecule has 0 saturated carbocycles. The highest BCUT2D eigenvalue weighted by molar-refractivity contribution is 6.17. The van der Waals surface area contributed by atoms with Crippen molar-refractivity contribution in [3.63, 3.8) is 0 Å². The van der Waals surface area contributed by atoms with E-state index in [9.17, 15) is 24.8 Å². The summed E-state index contributed by atoms with van der Waals surface area (Å²) in [4.78, 5) is 40.0. The highest BCUT2D eigenvalue weighted by atomic mass is 35.5. The Hall–Kier alpha value is -2.94. The molecule has 0 aliphatic rings. The monoisotopic (exact) mass is 422 g/mol. The Balaban J connectivity index is 2.61. The molecule has 1 N–H and O–H groups in total. The molecule has 1 heterocycles. The minimum atomic E-state index is -0.657. The van der Waals surface area contributed by atoms with Crippen molar-refractivity contribution in [2.24, 2.45) is 4.99 Å². The predicted octanol–water partition coefficient (Wildman–Crippen LogP) is 3.11. The fourth-order valence-electron chi connectivity index (χ4n) is 2.74. The molecule has 9 nitrogen and oxygen atoms in total. The van der Waals surface area contributed by atoms with Gasteiger partial charge < -0.3 is 5.11 Å². The van der Waals surface area contributed by atoms with Gasteiger partial charge in [-0.3, -0.25) is 29.0 Å². The zero-order chi connectivity index (χ0) is 21.6. The molecule has 1 aromatic carbocycles. The molecule has 29 heavy (non-hydrogen) atoms. The Labute approximate surface area is 172 Å². The van der Waals surface area contributed by atoms with Crippen molar-refractivity contribution in [1.82, 2.24) is 9.13 Å². The predicted molar refractivity (Wildman–Crippen MR) is 112 cm³/mol. The largest absolute Gasteiger partial charge is 0.494 e. The Morgan fingerprint density at radius 3 is 2.55 bits per heavy atom. The molecule has 156 valence electrons. The SMILES string of the molecule is CCCCn1c(=O)c(C=Nc2cc([N+](=O)[O-])ccc2C)c(O)n(CCCCl)c1=O. The number of nitrogens with zero attached hydrogens (tertiary/aromatic N) is 4. The van der Waals surface area contributed by atoms with E-state index in [2.05, 4.69) is 4.99 Å². The average Bonchev–Trinajstić information content (AvgIpc) is 2.68. The number of aryl methyl sites for hydroxylation is 1. The van der Waals surface area contributed by atoms with Crippen molar-refractivity contribution in [2.75, 3.05) is 5.88 Å². The van der Waals surface area contributed by atoms with Crippen molar-refractivity contribution in [2.45, 2.75) is 46.2 Å². The number of alkyl halides is 1. The Bertz CT molecular complexity index is 1040. The topological polar surface area (TPSA) is 120 Å². The molecule has 0 bridgehead atoms. The highest BCUT2D eigenvalue weighted by Crippen LogP contribution is 2.24.